The lowest BCUT2D eigenvalue weighted by Crippen LogP contribution is -2.67. The fraction of sp³-hybridized carbons (Fsp3) is 0.467. The second-order valence-electron chi connectivity index (χ2n) is 11.2. The number of benzene rings is 2. The topological polar surface area (TPSA) is 200 Å². The summed E-state index contributed by atoms with van der Waals surface area (Å²) in [5.74, 6) is -1.44. The zero-order valence-corrected chi connectivity index (χ0v) is 25.5. The van der Waals surface area contributed by atoms with Crippen molar-refractivity contribution in [2.75, 3.05) is 6.79 Å². The molecule has 0 radical (unpaired) electrons. The Morgan fingerprint density at radius 2 is 1.73 bits per heavy atom. The number of oxime groups is 1. The summed E-state index contributed by atoms with van der Waals surface area (Å²) in [6.45, 7) is 1.43. The molecular weight excluding hydrogens is 635 g/mol. The van der Waals surface area contributed by atoms with E-state index in [9.17, 15) is 35.4 Å². The Bertz CT molecular complexity index is 1440. The minimum absolute atomic E-state index is 0.0486. The number of hydrogen-bond acceptors (Lipinski definition) is 12. The Hall–Kier alpha value is -2.98. The van der Waals surface area contributed by atoms with Crippen molar-refractivity contribution in [3.63, 3.8) is 0 Å². The summed E-state index contributed by atoms with van der Waals surface area (Å²) >= 11 is 12.0. The molecule has 2 aliphatic carbocycles. The Kier molecular flexibility index (Phi) is 10.5. The number of rotatable bonds is 9. The maximum atomic E-state index is 12.9. The average molecular weight is 670 g/mol. The van der Waals surface area contributed by atoms with E-state index in [-0.39, 0.29) is 36.9 Å². The third-order valence-electron chi connectivity index (χ3n) is 8.14. The second kappa shape index (κ2) is 14.2. The van der Waals surface area contributed by atoms with E-state index in [0.717, 1.165) is 0 Å². The fourth-order valence-corrected chi connectivity index (χ4v) is 6.04. The molecular formula is C30H34Cl2N2O11. The lowest BCUT2D eigenvalue weighted by atomic mass is 9.83. The van der Waals surface area contributed by atoms with Gasteiger partial charge in [0.05, 0.1) is 12.1 Å². The van der Waals surface area contributed by atoms with E-state index in [1.807, 2.05) is 0 Å². The highest BCUT2D eigenvalue weighted by molar-refractivity contribution is 6.35. The van der Waals surface area contributed by atoms with Crippen LogP contribution in [-0.2, 0) is 25.7 Å². The molecule has 2 aromatic rings. The molecule has 0 bridgehead atoms. The molecule has 1 heterocycles. The summed E-state index contributed by atoms with van der Waals surface area (Å²) in [4.78, 5) is 18.1. The highest BCUT2D eigenvalue weighted by Crippen LogP contribution is 2.35. The molecule has 13 nitrogen and oxygen atoms in total. The number of hydrogen-bond donors (Lipinski definition) is 7. The van der Waals surface area contributed by atoms with Gasteiger partial charge in [-0.1, -0.05) is 40.5 Å². The minimum atomic E-state index is -1.49. The van der Waals surface area contributed by atoms with Crippen molar-refractivity contribution in [2.24, 2.45) is 11.1 Å². The number of phenols is 1. The van der Waals surface area contributed by atoms with Crippen LogP contribution in [-0.4, -0.2) is 104 Å². The molecule has 7 N–H and O–H groups in total. The molecule has 0 aromatic heterocycles. The van der Waals surface area contributed by atoms with Crippen LogP contribution in [0.4, 0.5) is 0 Å². The van der Waals surface area contributed by atoms with Crippen molar-refractivity contribution >= 4 is 41.4 Å². The Morgan fingerprint density at radius 1 is 1.00 bits per heavy atom. The molecule has 1 saturated heterocycles. The first-order chi connectivity index (χ1) is 21.4. The fourth-order valence-electron chi connectivity index (χ4n) is 5.58. The predicted octanol–water partition coefficient (Wildman–Crippen LogP) is 1.12. The molecule has 0 unspecified atom stereocenters. The second-order valence-corrected chi connectivity index (χ2v) is 12.1. The van der Waals surface area contributed by atoms with E-state index >= 15 is 0 Å². The SMILES string of the molecule is C/C(=C\c1ccc(O[C@@H]2C[C@H](/C=N/OCc3ccc(Cl)cc3Cl)[C@@H](O)[C@@H]2O)c(O)c1)C(=O)N[C@@H]1[C@H](O)[C@@H](O)[C@H]2OCO[C@H]2[C@@H]1O. The monoisotopic (exact) mass is 668 g/mol. The van der Waals surface area contributed by atoms with Crippen molar-refractivity contribution in [1.82, 2.24) is 5.32 Å². The van der Waals surface area contributed by atoms with Crippen LogP contribution < -0.4 is 10.1 Å². The maximum Gasteiger partial charge on any atom is 0.247 e. The number of aliphatic hydroxyl groups is 5. The number of nitrogens with zero attached hydrogens (tertiary/aromatic N) is 1. The molecule has 244 valence electrons. The molecule has 15 heteroatoms. The predicted molar refractivity (Wildman–Crippen MR) is 161 cm³/mol. The van der Waals surface area contributed by atoms with Crippen LogP contribution in [0.1, 0.15) is 24.5 Å². The number of carbonyl (C=O) groups is 1. The van der Waals surface area contributed by atoms with Crippen LogP contribution in [0.3, 0.4) is 0 Å². The van der Waals surface area contributed by atoms with Crippen molar-refractivity contribution in [3.8, 4) is 11.5 Å². The molecule has 5 rings (SSSR count). The Morgan fingerprint density at radius 3 is 2.44 bits per heavy atom. The van der Waals surface area contributed by atoms with Gasteiger partial charge in [-0.05, 0) is 49.2 Å². The number of nitrogens with one attached hydrogen (secondary N) is 1. The normalized spacial score (nSPS) is 33.3. The summed E-state index contributed by atoms with van der Waals surface area (Å²) in [6, 6.07) is 8.12. The molecule has 2 aromatic carbocycles. The number of phenolic OH excluding ortho intramolecular Hbond substituents is 1. The zero-order chi connectivity index (χ0) is 32.4. The summed E-state index contributed by atoms with van der Waals surface area (Å²) in [5.41, 5.74) is 1.28. The Labute approximate surface area is 268 Å². The number of carbonyl (C=O) groups excluding carboxylic acids is 1. The van der Waals surface area contributed by atoms with Gasteiger partial charge in [0, 0.05) is 33.3 Å². The van der Waals surface area contributed by atoms with E-state index in [2.05, 4.69) is 10.5 Å². The first-order valence-electron chi connectivity index (χ1n) is 14.2. The van der Waals surface area contributed by atoms with Crippen LogP contribution in [0.5, 0.6) is 11.5 Å². The van der Waals surface area contributed by atoms with E-state index < -0.39 is 66.7 Å². The highest BCUT2D eigenvalue weighted by atomic mass is 35.5. The summed E-state index contributed by atoms with van der Waals surface area (Å²) < 4.78 is 16.3. The third kappa shape index (κ3) is 7.38. The number of ether oxygens (including phenoxy) is 3. The van der Waals surface area contributed by atoms with Crippen LogP contribution in [0.25, 0.3) is 6.08 Å². The molecule has 3 fully saturated rings. The standard InChI is InChI=1S/C30H34Cl2N2O11/c1-13(30(41)34-22-25(38)27(40)29-28(26(22)39)42-12-43-29)6-14-2-5-20(19(35)7-14)45-21-8-16(23(36)24(21)37)10-33-44-11-15-3-4-17(31)9-18(15)32/h2-7,9-10,16,21-29,35-40H,8,11-12H2,1H3,(H,34,41)/b13-6+,33-10+/t16-,21-,22-,23-,24-,25+,26-,27-,28+,29-/m1/s1. The maximum absolute atomic E-state index is 12.9. The van der Waals surface area contributed by atoms with Gasteiger partial charge in [0.1, 0.15) is 56.1 Å². The molecule has 45 heavy (non-hydrogen) atoms. The van der Waals surface area contributed by atoms with E-state index in [0.29, 0.717) is 21.2 Å². The van der Waals surface area contributed by atoms with Crippen LogP contribution in [0.2, 0.25) is 10.0 Å². The smallest absolute Gasteiger partial charge is 0.247 e. The average Bonchev–Trinajstić information content (AvgIpc) is 3.60. The van der Waals surface area contributed by atoms with Gasteiger partial charge in [0.2, 0.25) is 5.91 Å². The molecule has 3 aliphatic rings. The van der Waals surface area contributed by atoms with Gasteiger partial charge in [-0.15, -0.1) is 0 Å². The van der Waals surface area contributed by atoms with Crippen molar-refractivity contribution in [3.05, 3.63) is 63.1 Å². The van der Waals surface area contributed by atoms with Gasteiger partial charge in [0.15, 0.2) is 11.5 Å². The van der Waals surface area contributed by atoms with Gasteiger partial charge in [0.25, 0.3) is 0 Å². The molecule has 10 atom stereocenters. The molecule has 1 amide bonds. The van der Waals surface area contributed by atoms with E-state index in [1.54, 1.807) is 24.3 Å². The van der Waals surface area contributed by atoms with E-state index in [1.165, 1.54) is 31.3 Å². The molecule has 2 saturated carbocycles. The highest BCUT2D eigenvalue weighted by Gasteiger charge is 2.53. The van der Waals surface area contributed by atoms with Crippen molar-refractivity contribution in [1.29, 1.82) is 0 Å². The number of halogens is 2. The zero-order valence-electron chi connectivity index (χ0n) is 23.9. The van der Waals surface area contributed by atoms with E-state index in [4.69, 9.17) is 42.3 Å². The van der Waals surface area contributed by atoms with Crippen molar-refractivity contribution in [2.45, 2.75) is 74.8 Å². The number of aromatic hydroxyl groups is 1. The lowest BCUT2D eigenvalue weighted by Gasteiger charge is -2.41. The van der Waals surface area contributed by atoms with Gasteiger partial charge in [-0.25, -0.2) is 0 Å². The largest absolute Gasteiger partial charge is 0.504 e. The Balaban J connectivity index is 1.16. The molecule has 0 spiro atoms. The van der Waals surface area contributed by atoms with Crippen LogP contribution in [0, 0.1) is 5.92 Å². The van der Waals surface area contributed by atoms with Crippen molar-refractivity contribution < 1.29 is 54.5 Å². The van der Waals surface area contributed by atoms with Gasteiger partial charge >= 0.3 is 0 Å². The summed E-state index contributed by atoms with van der Waals surface area (Å²) in [5, 5.41) is 70.3. The third-order valence-corrected chi connectivity index (χ3v) is 8.73. The quantitative estimate of drug-likeness (QED) is 0.115. The number of amides is 1. The van der Waals surface area contributed by atoms with Gasteiger partial charge < -0.3 is 55.0 Å². The first kappa shape index (κ1) is 33.4. The van der Waals surface area contributed by atoms with Gasteiger partial charge in [-0.3, -0.25) is 4.79 Å². The minimum Gasteiger partial charge on any atom is -0.504 e. The number of fused-ring (bicyclic) bond motifs is 1. The van der Waals surface area contributed by atoms with Crippen LogP contribution in [0.15, 0.2) is 47.1 Å². The first-order valence-corrected chi connectivity index (χ1v) is 14.9. The van der Waals surface area contributed by atoms with Crippen LogP contribution >= 0.6 is 23.2 Å². The summed E-state index contributed by atoms with van der Waals surface area (Å²) in [7, 11) is 0. The van der Waals surface area contributed by atoms with Gasteiger partial charge in [-0.2, -0.15) is 0 Å². The summed E-state index contributed by atoms with van der Waals surface area (Å²) in [6.07, 6.45) is -6.27. The number of aliphatic hydroxyl groups excluding tert-OH is 5. The molecule has 1 aliphatic heterocycles. The lowest BCUT2D eigenvalue weighted by molar-refractivity contribution is -0.155.